The highest BCUT2D eigenvalue weighted by Gasteiger charge is 2.41. The van der Waals surface area contributed by atoms with Gasteiger partial charge in [-0.05, 0) is 32.1 Å². The third kappa shape index (κ3) is 7.88. The average molecular weight is 530 g/mol. The van der Waals surface area contributed by atoms with Crippen molar-refractivity contribution in [2.24, 2.45) is 13.0 Å². The molecule has 37 heavy (non-hydrogen) atoms. The number of rotatable bonds is 7. The maximum atomic E-state index is 14.4. The number of methoxy groups -OCH3 is 1. The zero-order valence-corrected chi connectivity index (χ0v) is 22.2. The highest BCUT2D eigenvalue weighted by molar-refractivity contribution is 5.69. The maximum absolute atomic E-state index is 14.4. The van der Waals surface area contributed by atoms with Crippen LogP contribution in [0.2, 0.25) is 0 Å². The van der Waals surface area contributed by atoms with Gasteiger partial charge in [0.05, 0.1) is 61.7 Å². The summed E-state index contributed by atoms with van der Waals surface area (Å²) in [6.07, 6.45) is 5.58. The average Bonchev–Trinajstić information content (AvgIpc) is 3.23. The summed E-state index contributed by atoms with van der Waals surface area (Å²) in [4.78, 5) is 22.3. The van der Waals surface area contributed by atoms with Crippen molar-refractivity contribution in [3.05, 3.63) is 23.8 Å². The van der Waals surface area contributed by atoms with Gasteiger partial charge in [0, 0.05) is 26.6 Å². The van der Waals surface area contributed by atoms with E-state index >= 15 is 0 Å². The van der Waals surface area contributed by atoms with Gasteiger partial charge in [-0.2, -0.15) is 5.10 Å². The lowest BCUT2D eigenvalue weighted by Gasteiger charge is -2.38. The number of hydrogen-bond acceptors (Lipinski definition) is 8. The van der Waals surface area contributed by atoms with Gasteiger partial charge in [0.15, 0.2) is 12.1 Å². The molecule has 12 heteroatoms. The lowest BCUT2D eigenvalue weighted by Crippen LogP contribution is -2.48. The lowest BCUT2D eigenvalue weighted by molar-refractivity contribution is -0.169. The van der Waals surface area contributed by atoms with Gasteiger partial charge in [0.25, 0.3) is 5.92 Å². The Labute approximate surface area is 215 Å². The maximum Gasteiger partial charge on any atom is 0.305 e. The predicted octanol–water partition coefficient (Wildman–Crippen LogP) is 4.43. The van der Waals surface area contributed by atoms with Gasteiger partial charge in [-0.15, -0.1) is 0 Å². The smallest absolute Gasteiger partial charge is 0.305 e. The Morgan fingerprint density at radius 3 is 2.68 bits per heavy atom. The van der Waals surface area contributed by atoms with Gasteiger partial charge in [-0.25, -0.2) is 18.7 Å². The first-order chi connectivity index (χ1) is 17.3. The standard InChI is InChI=1S/C23H31F2N5O4.C2H6.FH/c1-15-18(30-12-16(8-20(31)32-3)9-23(24,25)14-30)11-26-22(28-15)17-10-27-29(2)19(17)13-34-21-6-4-5-7-33-21;1-2;/h10-11,16,21H,4-9,12-14H2,1-3H3;1-2H3;1H/t16-,21?;;/m0../s1. The highest BCUT2D eigenvalue weighted by Crippen LogP contribution is 2.36. The Bertz CT molecular complexity index is 1010. The van der Waals surface area contributed by atoms with Crippen LogP contribution in [0.1, 0.15) is 57.3 Å². The Hall–Kier alpha value is -2.73. The van der Waals surface area contributed by atoms with Crippen molar-refractivity contribution < 1.29 is 32.5 Å². The van der Waals surface area contributed by atoms with Crippen molar-refractivity contribution in [1.29, 1.82) is 0 Å². The third-order valence-electron chi connectivity index (χ3n) is 6.31. The predicted molar refractivity (Wildman–Crippen MR) is 133 cm³/mol. The first-order valence-corrected chi connectivity index (χ1v) is 12.5. The van der Waals surface area contributed by atoms with Crippen LogP contribution in [-0.4, -0.2) is 64.7 Å². The number of aromatic nitrogens is 4. The van der Waals surface area contributed by atoms with Crippen LogP contribution in [0.4, 0.5) is 19.2 Å². The minimum absolute atomic E-state index is 0. The van der Waals surface area contributed by atoms with Crippen LogP contribution in [-0.2, 0) is 32.7 Å². The molecule has 2 aliphatic heterocycles. The van der Waals surface area contributed by atoms with Crippen LogP contribution in [0.5, 0.6) is 0 Å². The van der Waals surface area contributed by atoms with Crippen molar-refractivity contribution in [1.82, 2.24) is 19.7 Å². The zero-order chi connectivity index (χ0) is 26.3. The van der Waals surface area contributed by atoms with Gasteiger partial charge in [-0.1, -0.05) is 13.8 Å². The minimum Gasteiger partial charge on any atom is -0.469 e. The number of carbonyl (C=O) groups is 1. The van der Waals surface area contributed by atoms with Crippen molar-refractivity contribution >= 4 is 11.7 Å². The van der Waals surface area contributed by atoms with Gasteiger partial charge in [0.1, 0.15) is 0 Å². The number of aryl methyl sites for hydroxylation is 2. The summed E-state index contributed by atoms with van der Waals surface area (Å²) < 4.78 is 46.8. The van der Waals surface area contributed by atoms with E-state index in [1.54, 1.807) is 28.9 Å². The summed E-state index contributed by atoms with van der Waals surface area (Å²) in [7, 11) is 3.08. The third-order valence-corrected chi connectivity index (χ3v) is 6.31. The molecule has 4 rings (SSSR count). The van der Waals surface area contributed by atoms with E-state index in [1.165, 1.54) is 7.11 Å². The quantitative estimate of drug-likeness (QED) is 0.487. The summed E-state index contributed by atoms with van der Waals surface area (Å²) in [5.41, 5.74) is 2.63. The number of halogens is 3. The van der Waals surface area contributed by atoms with Gasteiger partial charge in [0.2, 0.25) is 0 Å². The van der Waals surface area contributed by atoms with Crippen LogP contribution in [0.15, 0.2) is 12.4 Å². The second-order valence-corrected chi connectivity index (χ2v) is 8.99. The summed E-state index contributed by atoms with van der Waals surface area (Å²) in [6.45, 7) is 6.63. The van der Waals surface area contributed by atoms with E-state index in [1.807, 2.05) is 20.9 Å². The molecular formula is C25H38F3N5O4. The van der Waals surface area contributed by atoms with Crippen LogP contribution in [0, 0.1) is 12.8 Å². The first kappa shape index (κ1) is 30.5. The molecule has 4 heterocycles. The monoisotopic (exact) mass is 529 g/mol. The molecule has 0 radical (unpaired) electrons. The minimum atomic E-state index is -2.92. The molecule has 0 aliphatic carbocycles. The molecule has 0 amide bonds. The first-order valence-electron chi connectivity index (χ1n) is 12.5. The number of piperidine rings is 1. The summed E-state index contributed by atoms with van der Waals surface area (Å²) in [6, 6.07) is 0. The molecule has 2 aromatic heterocycles. The molecule has 2 atom stereocenters. The van der Waals surface area contributed by atoms with Crippen LogP contribution in [0.25, 0.3) is 11.4 Å². The van der Waals surface area contributed by atoms with E-state index in [2.05, 4.69) is 19.8 Å². The fourth-order valence-corrected chi connectivity index (χ4v) is 4.58. The summed E-state index contributed by atoms with van der Waals surface area (Å²) in [5, 5.41) is 4.33. The molecule has 2 aliphatic rings. The Morgan fingerprint density at radius 1 is 1.27 bits per heavy atom. The molecule has 0 N–H and O–H groups in total. The fourth-order valence-electron chi connectivity index (χ4n) is 4.58. The normalized spacial score (nSPS) is 20.9. The number of nitrogens with zero attached hydrogens (tertiary/aromatic N) is 5. The Balaban J connectivity index is 0.00000157. The van der Waals surface area contributed by atoms with Crippen molar-refractivity contribution in [3.8, 4) is 11.4 Å². The van der Waals surface area contributed by atoms with Gasteiger partial charge < -0.3 is 19.1 Å². The molecule has 0 bridgehead atoms. The molecule has 0 spiro atoms. The fraction of sp³-hybridized carbons (Fsp3) is 0.680. The summed E-state index contributed by atoms with van der Waals surface area (Å²) in [5.74, 6) is -3.47. The van der Waals surface area contributed by atoms with Crippen molar-refractivity contribution in [3.63, 3.8) is 0 Å². The van der Waals surface area contributed by atoms with Gasteiger partial charge >= 0.3 is 5.97 Å². The molecule has 2 fully saturated rings. The number of alkyl halides is 2. The van der Waals surface area contributed by atoms with Gasteiger partial charge in [-0.3, -0.25) is 14.2 Å². The van der Waals surface area contributed by atoms with E-state index in [0.717, 1.165) is 30.5 Å². The molecule has 208 valence electrons. The molecule has 2 aromatic rings. The van der Waals surface area contributed by atoms with Crippen LogP contribution < -0.4 is 4.90 Å². The Kier molecular flexibility index (Phi) is 11.3. The van der Waals surface area contributed by atoms with Crippen molar-refractivity contribution in [2.75, 3.05) is 31.7 Å². The zero-order valence-electron chi connectivity index (χ0n) is 22.2. The van der Waals surface area contributed by atoms with Crippen molar-refractivity contribution in [2.45, 2.75) is 71.7 Å². The molecule has 1 unspecified atom stereocenters. The molecule has 9 nitrogen and oxygen atoms in total. The molecule has 0 saturated carbocycles. The molecule has 2 saturated heterocycles. The number of carbonyl (C=O) groups excluding carboxylic acids is 1. The highest BCUT2D eigenvalue weighted by atomic mass is 19.3. The largest absolute Gasteiger partial charge is 0.469 e. The second-order valence-electron chi connectivity index (χ2n) is 8.99. The topological polar surface area (TPSA) is 91.6 Å². The summed E-state index contributed by atoms with van der Waals surface area (Å²) >= 11 is 0. The SMILES string of the molecule is CC.COC(=O)C[C@@H]1CN(c2cnc(-c3cnn(C)c3COC3CCCCO3)nc2C)CC(F)(F)C1.F. The number of esters is 1. The number of anilines is 1. The lowest BCUT2D eigenvalue weighted by atomic mass is 9.92. The van der Waals surface area contributed by atoms with Crippen LogP contribution >= 0.6 is 0 Å². The second kappa shape index (κ2) is 13.7. The van der Waals surface area contributed by atoms with E-state index in [-0.39, 0.29) is 23.8 Å². The number of ether oxygens (including phenoxy) is 3. The Morgan fingerprint density at radius 2 is 2.03 bits per heavy atom. The van der Waals surface area contributed by atoms with E-state index < -0.39 is 24.4 Å². The van der Waals surface area contributed by atoms with E-state index in [9.17, 15) is 13.6 Å². The van der Waals surface area contributed by atoms with Crippen LogP contribution in [0.3, 0.4) is 0 Å². The van der Waals surface area contributed by atoms with E-state index in [0.29, 0.717) is 37.0 Å². The van der Waals surface area contributed by atoms with E-state index in [4.69, 9.17) is 9.47 Å². The molecular weight excluding hydrogens is 491 g/mol. The number of hydrogen-bond donors (Lipinski definition) is 0. The molecule has 0 aromatic carbocycles.